The van der Waals surface area contributed by atoms with E-state index in [0.717, 1.165) is 45.1 Å². The topological polar surface area (TPSA) is 70.0 Å². The summed E-state index contributed by atoms with van der Waals surface area (Å²) in [6.45, 7) is 0.948. The number of rotatable bonds is 8. The summed E-state index contributed by atoms with van der Waals surface area (Å²) < 4.78 is 4.57. The Labute approximate surface area is 109 Å². The highest BCUT2D eigenvalue weighted by Crippen LogP contribution is 2.22. The third-order valence-corrected chi connectivity index (χ3v) is 3.60. The predicted octanol–water partition coefficient (Wildman–Crippen LogP) is 0.885. The number of hydrogen-bond donors (Lipinski definition) is 2. The Morgan fingerprint density at radius 1 is 1.28 bits per heavy atom. The molecule has 0 saturated carbocycles. The van der Waals surface area contributed by atoms with Crippen LogP contribution in [-0.2, 0) is 9.53 Å². The lowest BCUT2D eigenvalue weighted by Gasteiger charge is -2.25. The molecule has 0 aromatic heterocycles. The van der Waals surface area contributed by atoms with Crippen LogP contribution in [0, 0.1) is 0 Å². The zero-order chi connectivity index (χ0) is 13.4. The van der Waals surface area contributed by atoms with Gasteiger partial charge in [-0.1, -0.05) is 12.8 Å². The van der Waals surface area contributed by atoms with Crippen molar-refractivity contribution in [3.63, 3.8) is 0 Å². The molecule has 2 unspecified atom stereocenters. The molecule has 0 aromatic carbocycles. The third kappa shape index (κ3) is 4.92. The Morgan fingerprint density at radius 2 is 2.00 bits per heavy atom. The second-order valence-electron chi connectivity index (χ2n) is 4.87. The van der Waals surface area contributed by atoms with Crippen LogP contribution in [0.2, 0.25) is 0 Å². The molecule has 1 aliphatic heterocycles. The molecule has 0 radical (unpaired) electrons. The molecule has 1 saturated heterocycles. The number of likely N-dealkylation sites (tertiary alicyclic amines) is 1. The highest BCUT2D eigenvalue weighted by atomic mass is 16.5. The van der Waals surface area contributed by atoms with Gasteiger partial charge in [0.2, 0.25) is 0 Å². The number of carbonyl (C=O) groups is 1. The maximum Gasteiger partial charge on any atom is 0.305 e. The molecule has 1 aliphatic rings. The fourth-order valence-electron chi connectivity index (χ4n) is 2.46. The van der Waals surface area contributed by atoms with Gasteiger partial charge in [0.15, 0.2) is 0 Å². The van der Waals surface area contributed by atoms with Crippen molar-refractivity contribution in [2.75, 3.05) is 20.3 Å². The Balaban J connectivity index is 2.05. The van der Waals surface area contributed by atoms with Crippen LogP contribution in [0.25, 0.3) is 0 Å². The maximum atomic E-state index is 10.9. The van der Waals surface area contributed by atoms with E-state index in [-0.39, 0.29) is 18.6 Å². The van der Waals surface area contributed by atoms with Crippen molar-refractivity contribution in [3.05, 3.63) is 0 Å². The van der Waals surface area contributed by atoms with Crippen molar-refractivity contribution in [2.24, 2.45) is 0 Å². The largest absolute Gasteiger partial charge is 0.469 e. The van der Waals surface area contributed by atoms with Crippen LogP contribution in [0.5, 0.6) is 0 Å². The number of aliphatic hydroxyl groups excluding tert-OH is 2. The van der Waals surface area contributed by atoms with Gasteiger partial charge in [-0.25, -0.2) is 0 Å². The maximum absolute atomic E-state index is 10.9. The molecule has 1 heterocycles. The molecule has 0 aromatic rings. The van der Waals surface area contributed by atoms with E-state index in [1.165, 1.54) is 7.11 Å². The number of esters is 1. The highest BCUT2D eigenvalue weighted by molar-refractivity contribution is 5.68. The van der Waals surface area contributed by atoms with Crippen LogP contribution in [0.15, 0.2) is 0 Å². The van der Waals surface area contributed by atoms with E-state index in [1.807, 2.05) is 4.90 Å². The lowest BCUT2D eigenvalue weighted by atomic mass is 10.1. The van der Waals surface area contributed by atoms with Crippen molar-refractivity contribution in [1.29, 1.82) is 0 Å². The van der Waals surface area contributed by atoms with Gasteiger partial charge in [-0.05, 0) is 25.7 Å². The number of carbonyl (C=O) groups excluding carboxylic acids is 1. The zero-order valence-electron chi connectivity index (χ0n) is 11.2. The number of aliphatic hydroxyl groups is 2. The Hall–Kier alpha value is -0.650. The van der Waals surface area contributed by atoms with Gasteiger partial charge in [0, 0.05) is 19.0 Å². The van der Waals surface area contributed by atoms with Gasteiger partial charge < -0.3 is 14.9 Å². The SMILES string of the molecule is COC(=O)CCCCCCN1C(O)CCC1CO. The van der Waals surface area contributed by atoms with E-state index in [2.05, 4.69) is 4.74 Å². The Morgan fingerprint density at radius 3 is 2.67 bits per heavy atom. The van der Waals surface area contributed by atoms with Crippen molar-refractivity contribution in [2.45, 2.75) is 57.2 Å². The standard InChI is InChI=1S/C13H25NO4/c1-18-13(17)6-4-2-3-5-9-14-11(10-15)7-8-12(14)16/h11-12,15-16H,2-10H2,1H3. The molecule has 2 N–H and O–H groups in total. The van der Waals surface area contributed by atoms with E-state index in [9.17, 15) is 15.0 Å². The zero-order valence-corrected chi connectivity index (χ0v) is 11.2. The lowest BCUT2D eigenvalue weighted by molar-refractivity contribution is -0.140. The smallest absolute Gasteiger partial charge is 0.305 e. The summed E-state index contributed by atoms with van der Waals surface area (Å²) in [5.74, 6) is -0.148. The lowest BCUT2D eigenvalue weighted by Crippen LogP contribution is -2.38. The normalized spacial score (nSPS) is 24.4. The average molecular weight is 259 g/mol. The van der Waals surface area contributed by atoms with Crippen LogP contribution in [0.1, 0.15) is 44.9 Å². The van der Waals surface area contributed by atoms with E-state index >= 15 is 0 Å². The summed E-state index contributed by atoms with van der Waals surface area (Å²) in [6, 6.07) is 0.120. The van der Waals surface area contributed by atoms with Gasteiger partial charge in [0.25, 0.3) is 0 Å². The summed E-state index contributed by atoms with van der Waals surface area (Å²) in [5, 5.41) is 18.9. The molecule has 0 spiro atoms. The van der Waals surface area contributed by atoms with E-state index in [0.29, 0.717) is 6.42 Å². The van der Waals surface area contributed by atoms with Crippen molar-refractivity contribution in [3.8, 4) is 0 Å². The first kappa shape index (κ1) is 15.4. The minimum atomic E-state index is -0.391. The summed E-state index contributed by atoms with van der Waals surface area (Å²) in [6.07, 6.45) is 5.63. The molecule has 0 aliphatic carbocycles. The molecule has 1 fully saturated rings. The molecule has 18 heavy (non-hydrogen) atoms. The molecule has 5 heteroatoms. The summed E-state index contributed by atoms with van der Waals surface area (Å²) in [7, 11) is 1.41. The minimum absolute atomic E-state index is 0.120. The Bertz CT molecular complexity index is 247. The van der Waals surface area contributed by atoms with Gasteiger partial charge in [-0.2, -0.15) is 0 Å². The molecular formula is C13H25NO4. The fourth-order valence-corrected chi connectivity index (χ4v) is 2.46. The summed E-state index contributed by atoms with van der Waals surface area (Å²) in [5.41, 5.74) is 0. The van der Waals surface area contributed by atoms with Gasteiger partial charge in [0.1, 0.15) is 6.23 Å². The van der Waals surface area contributed by atoms with E-state index in [1.54, 1.807) is 0 Å². The number of methoxy groups -OCH3 is 1. The molecule has 1 rings (SSSR count). The first-order chi connectivity index (χ1) is 8.69. The third-order valence-electron chi connectivity index (χ3n) is 3.60. The van der Waals surface area contributed by atoms with Crippen LogP contribution < -0.4 is 0 Å². The van der Waals surface area contributed by atoms with Crippen molar-refractivity contribution < 1.29 is 19.7 Å². The second kappa shape index (κ2) is 8.45. The van der Waals surface area contributed by atoms with Gasteiger partial charge in [-0.15, -0.1) is 0 Å². The molecule has 106 valence electrons. The number of unbranched alkanes of at least 4 members (excludes halogenated alkanes) is 3. The quantitative estimate of drug-likeness (QED) is 0.500. The molecular weight excluding hydrogens is 234 g/mol. The van der Waals surface area contributed by atoms with E-state index in [4.69, 9.17) is 0 Å². The van der Waals surface area contributed by atoms with Crippen LogP contribution >= 0.6 is 0 Å². The predicted molar refractivity (Wildman–Crippen MR) is 67.9 cm³/mol. The fraction of sp³-hybridized carbons (Fsp3) is 0.923. The summed E-state index contributed by atoms with van der Waals surface area (Å²) >= 11 is 0. The summed E-state index contributed by atoms with van der Waals surface area (Å²) in [4.78, 5) is 12.9. The number of nitrogens with zero attached hydrogens (tertiary/aromatic N) is 1. The van der Waals surface area contributed by atoms with Crippen LogP contribution in [-0.4, -0.2) is 53.6 Å². The van der Waals surface area contributed by atoms with Gasteiger partial charge >= 0.3 is 5.97 Å². The van der Waals surface area contributed by atoms with E-state index < -0.39 is 6.23 Å². The minimum Gasteiger partial charge on any atom is -0.469 e. The highest BCUT2D eigenvalue weighted by Gasteiger charge is 2.30. The first-order valence-corrected chi connectivity index (χ1v) is 6.80. The van der Waals surface area contributed by atoms with Gasteiger partial charge in [0.05, 0.1) is 13.7 Å². The van der Waals surface area contributed by atoms with Gasteiger partial charge in [-0.3, -0.25) is 9.69 Å². The Kier molecular flexibility index (Phi) is 7.23. The van der Waals surface area contributed by atoms with Crippen LogP contribution in [0.3, 0.4) is 0 Å². The van der Waals surface area contributed by atoms with Crippen LogP contribution in [0.4, 0.5) is 0 Å². The molecule has 0 amide bonds. The molecule has 2 atom stereocenters. The average Bonchev–Trinajstić information content (AvgIpc) is 2.74. The van der Waals surface area contributed by atoms with Crippen molar-refractivity contribution >= 4 is 5.97 Å². The second-order valence-corrected chi connectivity index (χ2v) is 4.87. The first-order valence-electron chi connectivity index (χ1n) is 6.80. The number of ether oxygens (including phenoxy) is 1. The molecule has 0 bridgehead atoms. The number of hydrogen-bond acceptors (Lipinski definition) is 5. The molecule has 5 nitrogen and oxygen atoms in total. The monoisotopic (exact) mass is 259 g/mol. The van der Waals surface area contributed by atoms with Crippen molar-refractivity contribution in [1.82, 2.24) is 4.90 Å².